The molecule has 1 aromatic carbocycles. The van der Waals surface area contributed by atoms with Crippen molar-refractivity contribution in [1.29, 1.82) is 0 Å². The van der Waals surface area contributed by atoms with Crippen LogP contribution in [0.25, 0.3) is 0 Å². The van der Waals surface area contributed by atoms with Crippen molar-refractivity contribution in [3.8, 4) is 0 Å². The lowest BCUT2D eigenvalue weighted by atomic mass is 10.2. The molecule has 4 heteroatoms. The lowest BCUT2D eigenvalue weighted by Crippen LogP contribution is -2.18. The quantitative estimate of drug-likeness (QED) is 0.637. The molecule has 1 aromatic rings. The third-order valence-electron chi connectivity index (χ3n) is 1.43. The lowest BCUT2D eigenvalue weighted by Gasteiger charge is -2.02. The Bertz CT molecular complexity index is 314. The number of carbonyl (C=O) groups excluding carboxylic acids is 1. The monoisotopic (exact) mass is 185 g/mol. The second kappa shape index (κ2) is 3.58. The summed E-state index contributed by atoms with van der Waals surface area (Å²) in [6.07, 6.45) is 0. The molecule has 0 aliphatic heterocycles. The van der Waals surface area contributed by atoms with E-state index in [0.717, 1.165) is 6.07 Å². The van der Waals surface area contributed by atoms with E-state index in [4.69, 9.17) is 0 Å². The highest BCUT2D eigenvalue weighted by Gasteiger charge is 2.07. The number of hydrogen-bond donors (Lipinski definition) is 2. The highest BCUT2D eigenvalue weighted by molar-refractivity contribution is 7.80. The van der Waals surface area contributed by atoms with Gasteiger partial charge < -0.3 is 5.32 Å². The first-order valence-corrected chi connectivity index (χ1v) is 3.80. The summed E-state index contributed by atoms with van der Waals surface area (Å²) in [5.74, 6) is -0.772. The van der Waals surface area contributed by atoms with E-state index in [9.17, 15) is 9.18 Å². The number of benzene rings is 1. The van der Waals surface area contributed by atoms with Gasteiger partial charge in [-0.3, -0.25) is 4.79 Å². The van der Waals surface area contributed by atoms with Crippen LogP contribution < -0.4 is 5.32 Å². The molecule has 12 heavy (non-hydrogen) atoms. The highest BCUT2D eigenvalue weighted by Crippen LogP contribution is 2.14. The van der Waals surface area contributed by atoms with Crippen molar-refractivity contribution < 1.29 is 9.18 Å². The molecule has 0 atom stereocenters. The van der Waals surface area contributed by atoms with Crippen molar-refractivity contribution >= 4 is 18.5 Å². The predicted molar refractivity (Wildman–Crippen MR) is 47.0 cm³/mol. The number of nitrogens with one attached hydrogen (secondary N) is 1. The van der Waals surface area contributed by atoms with Gasteiger partial charge in [0, 0.05) is 11.9 Å². The van der Waals surface area contributed by atoms with Gasteiger partial charge in [0.2, 0.25) is 0 Å². The van der Waals surface area contributed by atoms with Crippen LogP contribution in [-0.2, 0) is 0 Å². The Balaban J connectivity index is 3.13. The van der Waals surface area contributed by atoms with Crippen LogP contribution in [0.2, 0.25) is 0 Å². The van der Waals surface area contributed by atoms with E-state index in [2.05, 4.69) is 17.9 Å². The second-order valence-electron chi connectivity index (χ2n) is 2.24. The first-order chi connectivity index (χ1) is 5.65. The molecule has 0 aliphatic carbocycles. The number of halogens is 1. The molecule has 1 rings (SSSR count). The minimum Gasteiger partial charge on any atom is -0.355 e. The van der Waals surface area contributed by atoms with Crippen molar-refractivity contribution in [2.75, 3.05) is 7.05 Å². The van der Waals surface area contributed by atoms with Gasteiger partial charge in [0.05, 0.1) is 5.56 Å². The van der Waals surface area contributed by atoms with Crippen LogP contribution in [0.1, 0.15) is 10.4 Å². The lowest BCUT2D eigenvalue weighted by molar-refractivity contribution is 0.0960. The molecule has 0 saturated carbocycles. The molecular formula is C8H8FNOS. The minimum atomic E-state index is -0.439. The summed E-state index contributed by atoms with van der Waals surface area (Å²) >= 11 is 4.01. The van der Waals surface area contributed by atoms with Gasteiger partial charge in [-0.05, 0) is 18.2 Å². The van der Waals surface area contributed by atoms with Crippen molar-refractivity contribution in [1.82, 2.24) is 5.32 Å². The fraction of sp³-hybridized carbons (Fsp3) is 0.125. The fourth-order valence-corrected chi connectivity index (χ4v) is 1.07. The van der Waals surface area contributed by atoms with Crippen molar-refractivity contribution in [3.63, 3.8) is 0 Å². The Morgan fingerprint density at radius 1 is 1.58 bits per heavy atom. The summed E-state index contributed by atoms with van der Waals surface area (Å²) in [6.45, 7) is 0. The Kier molecular flexibility index (Phi) is 2.70. The van der Waals surface area contributed by atoms with Crippen molar-refractivity contribution in [2.24, 2.45) is 0 Å². The van der Waals surface area contributed by atoms with Gasteiger partial charge in [-0.2, -0.15) is 0 Å². The number of hydrogen-bond acceptors (Lipinski definition) is 2. The van der Waals surface area contributed by atoms with Gasteiger partial charge in [-0.25, -0.2) is 4.39 Å². The predicted octanol–water partition coefficient (Wildman–Crippen LogP) is 1.47. The Morgan fingerprint density at radius 3 is 2.83 bits per heavy atom. The van der Waals surface area contributed by atoms with E-state index >= 15 is 0 Å². The van der Waals surface area contributed by atoms with Crippen LogP contribution in [0.5, 0.6) is 0 Å². The van der Waals surface area contributed by atoms with Crippen LogP contribution in [0.4, 0.5) is 4.39 Å². The molecule has 2 nitrogen and oxygen atoms in total. The smallest absolute Gasteiger partial charge is 0.252 e. The van der Waals surface area contributed by atoms with Gasteiger partial charge in [0.15, 0.2) is 0 Å². The molecule has 0 unspecified atom stereocenters. The molecule has 0 saturated heterocycles. The molecule has 1 amide bonds. The number of thiol groups is 1. The zero-order chi connectivity index (χ0) is 9.14. The molecule has 1 N–H and O–H groups in total. The summed E-state index contributed by atoms with van der Waals surface area (Å²) in [5.41, 5.74) is 0.251. The maximum Gasteiger partial charge on any atom is 0.252 e. The van der Waals surface area contributed by atoms with Crippen molar-refractivity contribution in [3.05, 3.63) is 29.6 Å². The highest BCUT2D eigenvalue weighted by atomic mass is 32.1. The molecular weight excluding hydrogens is 177 g/mol. The molecule has 0 spiro atoms. The van der Waals surface area contributed by atoms with Crippen LogP contribution in [0, 0.1) is 5.82 Å². The van der Waals surface area contributed by atoms with E-state index in [1.54, 1.807) is 0 Å². The van der Waals surface area contributed by atoms with Crippen LogP contribution in [-0.4, -0.2) is 13.0 Å². The summed E-state index contributed by atoms with van der Waals surface area (Å²) in [6, 6.07) is 3.86. The molecule has 0 bridgehead atoms. The SMILES string of the molecule is CNC(=O)c1cc(F)ccc1S. The zero-order valence-electron chi connectivity index (χ0n) is 6.47. The molecule has 0 fully saturated rings. The zero-order valence-corrected chi connectivity index (χ0v) is 7.36. The summed E-state index contributed by atoms with van der Waals surface area (Å²) in [5, 5.41) is 2.39. The van der Waals surface area contributed by atoms with E-state index < -0.39 is 5.82 Å². The van der Waals surface area contributed by atoms with Gasteiger partial charge in [-0.15, -0.1) is 12.6 Å². The molecule has 64 valence electrons. The summed E-state index contributed by atoms with van der Waals surface area (Å²) < 4.78 is 12.6. The third-order valence-corrected chi connectivity index (χ3v) is 1.82. The summed E-state index contributed by atoms with van der Waals surface area (Å²) in [7, 11) is 1.49. The number of carbonyl (C=O) groups is 1. The van der Waals surface area contributed by atoms with Crippen LogP contribution in [0.3, 0.4) is 0 Å². The number of amides is 1. The van der Waals surface area contributed by atoms with E-state index in [1.807, 2.05) is 0 Å². The molecule has 0 aliphatic rings. The van der Waals surface area contributed by atoms with E-state index in [0.29, 0.717) is 4.90 Å². The third kappa shape index (κ3) is 1.76. The largest absolute Gasteiger partial charge is 0.355 e. The average Bonchev–Trinajstić information content (AvgIpc) is 2.08. The van der Waals surface area contributed by atoms with Crippen LogP contribution in [0.15, 0.2) is 23.1 Å². The Labute approximate surface area is 75.2 Å². The topological polar surface area (TPSA) is 29.1 Å². The van der Waals surface area contributed by atoms with Gasteiger partial charge in [0.1, 0.15) is 5.82 Å². The van der Waals surface area contributed by atoms with Gasteiger partial charge in [-0.1, -0.05) is 0 Å². The van der Waals surface area contributed by atoms with Gasteiger partial charge in [0.25, 0.3) is 5.91 Å². The fourth-order valence-electron chi connectivity index (χ4n) is 0.825. The van der Waals surface area contributed by atoms with E-state index in [-0.39, 0.29) is 11.5 Å². The Morgan fingerprint density at radius 2 is 2.25 bits per heavy atom. The van der Waals surface area contributed by atoms with Crippen molar-refractivity contribution in [2.45, 2.75) is 4.90 Å². The maximum absolute atomic E-state index is 12.6. The number of rotatable bonds is 1. The molecule has 0 aromatic heterocycles. The molecule has 0 heterocycles. The average molecular weight is 185 g/mol. The Hall–Kier alpha value is -1.03. The summed E-state index contributed by atoms with van der Waals surface area (Å²) in [4.78, 5) is 11.5. The van der Waals surface area contributed by atoms with Crippen LogP contribution >= 0.6 is 12.6 Å². The first-order valence-electron chi connectivity index (χ1n) is 3.35. The van der Waals surface area contributed by atoms with Gasteiger partial charge >= 0.3 is 0 Å². The second-order valence-corrected chi connectivity index (χ2v) is 2.72. The maximum atomic E-state index is 12.6. The standard InChI is InChI=1S/C8H8FNOS/c1-10-8(11)6-4-5(9)2-3-7(6)12/h2-4,12H,1H3,(H,10,11). The molecule has 0 radical (unpaired) electrons. The first kappa shape index (κ1) is 9.06. The normalized spacial score (nSPS) is 9.58. The van der Waals surface area contributed by atoms with E-state index in [1.165, 1.54) is 19.2 Å². The minimum absolute atomic E-state index is 0.251.